The monoisotopic (exact) mass is 474 g/mol. The molecule has 2 heterocycles. The lowest BCUT2D eigenvalue weighted by molar-refractivity contribution is -0.122. The number of carbonyl (C=O) groups excluding carboxylic acids is 1. The van der Waals surface area contributed by atoms with E-state index in [0.717, 1.165) is 61.3 Å². The quantitative estimate of drug-likeness (QED) is 0.494. The van der Waals surface area contributed by atoms with Gasteiger partial charge in [-0.2, -0.15) is 0 Å². The largest absolute Gasteiger partial charge is 0.375 e. The highest BCUT2D eigenvalue weighted by Crippen LogP contribution is 2.28. The second-order valence-electron chi connectivity index (χ2n) is 9.52. The fourth-order valence-electron chi connectivity index (χ4n) is 5.21. The van der Waals surface area contributed by atoms with Crippen molar-refractivity contribution in [2.45, 2.75) is 75.9 Å². The summed E-state index contributed by atoms with van der Waals surface area (Å²) in [5, 5.41) is 10.2. The molecule has 0 bridgehead atoms. The molecule has 1 aliphatic carbocycles. The zero-order valence-corrected chi connectivity index (χ0v) is 20.7. The molecule has 3 aliphatic rings. The first-order valence-electron chi connectivity index (χ1n) is 12.4. The molecule has 1 amide bonds. The number of thioether (sulfide) groups is 1. The van der Waals surface area contributed by atoms with Crippen molar-refractivity contribution >= 4 is 40.6 Å². The lowest BCUT2D eigenvalue weighted by Crippen LogP contribution is -2.54. The fourth-order valence-corrected chi connectivity index (χ4v) is 6.49. The molecule has 176 valence electrons. The lowest BCUT2D eigenvalue weighted by Gasteiger charge is -2.35. The van der Waals surface area contributed by atoms with E-state index in [4.69, 9.17) is 12.2 Å². The summed E-state index contributed by atoms with van der Waals surface area (Å²) in [5.74, 6) is 2.60. The molecule has 1 aromatic rings. The van der Waals surface area contributed by atoms with Crippen LogP contribution in [0.3, 0.4) is 0 Å². The van der Waals surface area contributed by atoms with E-state index in [0.29, 0.717) is 6.04 Å². The van der Waals surface area contributed by atoms with Crippen LogP contribution in [-0.2, 0) is 4.79 Å². The first kappa shape index (κ1) is 23.8. The molecule has 0 radical (unpaired) electrons. The third-order valence-electron chi connectivity index (χ3n) is 7.22. The predicted octanol–water partition coefficient (Wildman–Crippen LogP) is 4.08. The Morgan fingerprint density at radius 2 is 1.88 bits per heavy atom. The van der Waals surface area contributed by atoms with Gasteiger partial charge in [0.1, 0.15) is 0 Å². The van der Waals surface area contributed by atoms with Crippen molar-refractivity contribution in [3.8, 4) is 0 Å². The first-order valence-corrected chi connectivity index (χ1v) is 14.0. The molecule has 3 fully saturated rings. The Labute approximate surface area is 202 Å². The molecule has 2 atom stereocenters. The Morgan fingerprint density at radius 3 is 2.56 bits per heavy atom. The van der Waals surface area contributed by atoms with Crippen molar-refractivity contribution in [2.24, 2.45) is 5.92 Å². The van der Waals surface area contributed by atoms with Crippen LogP contribution in [0.1, 0.15) is 57.8 Å². The van der Waals surface area contributed by atoms with Crippen LogP contribution in [0.25, 0.3) is 0 Å². The smallest absolute Gasteiger partial charge is 0.238 e. The number of rotatable bonds is 8. The molecule has 0 unspecified atom stereocenters. The standard InChI is InChI=1S/C25H38N4OS2/c30-24(23-17-32-18-26-23)28-22(12-11-19-7-3-1-4-8-19)25(31)27-20-13-15-29(16-14-20)21-9-5-2-6-10-21/h2,5-6,9-10,19-20,22-23,26H,1,3-4,7-8,11-18H2,(H,27,31)(H,28,30)/t22-,23+/m1/s1. The number of nitrogens with one attached hydrogen (secondary N) is 3. The van der Waals surface area contributed by atoms with Crippen LogP contribution in [0.15, 0.2) is 30.3 Å². The zero-order chi connectivity index (χ0) is 22.2. The topological polar surface area (TPSA) is 56.4 Å². The van der Waals surface area contributed by atoms with Gasteiger partial charge in [0, 0.05) is 36.4 Å². The van der Waals surface area contributed by atoms with Crippen LogP contribution in [0.5, 0.6) is 0 Å². The number of nitrogens with zero attached hydrogens (tertiary/aromatic N) is 1. The highest BCUT2D eigenvalue weighted by Gasteiger charge is 2.28. The maximum Gasteiger partial charge on any atom is 0.238 e. The van der Waals surface area contributed by atoms with Gasteiger partial charge in [-0.15, -0.1) is 11.8 Å². The van der Waals surface area contributed by atoms with Crippen molar-refractivity contribution in [3.05, 3.63) is 30.3 Å². The van der Waals surface area contributed by atoms with E-state index in [2.05, 4.69) is 51.2 Å². The number of piperidine rings is 1. The second-order valence-corrected chi connectivity index (χ2v) is 11.0. The Hall–Kier alpha value is -1.31. The zero-order valence-electron chi connectivity index (χ0n) is 19.1. The van der Waals surface area contributed by atoms with E-state index in [9.17, 15) is 4.79 Å². The van der Waals surface area contributed by atoms with Crippen molar-refractivity contribution in [1.82, 2.24) is 16.0 Å². The summed E-state index contributed by atoms with van der Waals surface area (Å²) in [6.45, 7) is 2.07. The average molecular weight is 475 g/mol. The van der Waals surface area contributed by atoms with Crippen LogP contribution in [0.2, 0.25) is 0 Å². The Morgan fingerprint density at radius 1 is 1.12 bits per heavy atom. The number of amides is 1. The van der Waals surface area contributed by atoms with Gasteiger partial charge in [0.05, 0.1) is 17.1 Å². The Bertz CT molecular complexity index is 727. The highest BCUT2D eigenvalue weighted by atomic mass is 32.2. The minimum Gasteiger partial charge on any atom is -0.375 e. The van der Waals surface area contributed by atoms with Crippen LogP contribution >= 0.6 is 24.0 Å². The molecule has 1 saturated carbocycles. The van der Waals surface area contributed by atoms with Crippen LogP contribution in [-0.4, -0.2) is 53.7 Å². The number of para-hydroxylation sites is 1. The van der Waals surface area contributed by atoms with Crippen LogP contribution in [0, 0.1) is 5.92 Å². The minimum absolute atomic E-state index is 0.0565. The molecule has 32 heavy (non-hydrogen) atoms. The lowest BCUT2D eigenvalue weighted by atomic mass is 9.85. The Balaban J connectivity index is 1.29. The van der Waals surface area contributed by atoms with Crippen LogP contribution < -0.4 is 20.9 Å². The van der Waals surface area contributed by atoms with Crippen molar-refractivity contribution in [2.75, 3.05) is 29.6 Å². The maximum absolute atomic E-state index is 12.8. The van der Waals surface area contributed by atoms with Gasteiger partial charge in [-0.05, 0) is 43.7 Å². The highest BCUT2D eigenvalue weighted by molar-refractivity contribution is 7.99. The molecular weight excluding hydrogens is 436 g/mol. The first-order chi connectivity index (χ1) is 15.7. The van der Waals surface area contributed by atoms with Gasteiger partial charge in [0.25, 0.3) is 0 Å². The molecule has 2 saturated heterocycles. The average Bonchev–Trinajstić information content (AvgIpc) is 3.38. The molecule has 3 N–H and O–H groups in total. The minimum atomic E-state index is -0.0888. The summed E-state index contributed by atoms with van der Waals surface area (Å²) in [7, 11) is 0. The van der Waals surface area contributed by atoms with Gasteiger partial charge >= 0.3 is 0 Å². The molecule has 0 aromatic heterocycles. The number of hydrogen-bond acceptors (Lipinski definition) is 5. The van der Waals surface area contributed by atoms with Crippen molar-refractivity contribution < 1.29 is 4.79 Å². The molecule has 2 aliphatic heterocycles. The van der Waals surface area contributed by atoms with Gasteiger partial charge in [-0.25, -0.2) is 0 Å². The summed E-state index contributed by atoms with van der Waals surface area (Å²) >= 11 is 7.66. The van der Waals surface area contributed by atoms with Crippen molar-refractivity contribution in [1.29, 1.82) is 0 Å². The van der Waals surface area contributed by atoms with Gasteiger partial charge in [-0.1, -0.05) is 62.5 Å². The number of hydrogen-bond donors (Lipinski definition) is 3. The van der Waals surface area contributed by atoms with Gasteiger partial charge in [0.2, 0.25) is 5.91 Å². The molecule has 0 spiro atoms. The van der Waals surface area contributed by atoms with Gasteiger partial charge in [-0.3, -0.25) is 10.1 Å². The molecule has 7 heteroatoms. The fraction of sp³-hybridized carbons (Fsp3) is 0.680. The third kappa shape index (κ3) is 6.84. The SMILES string of the molecule is O=C(N[C@H](CCC1CCCCC1)C(=S)NC1CCN(c2ccccc2)CC1)[C@@H]1CSCN1. The van der Waals surface area contributed by atoms with Gasteiger partial charge < -0.3 is 15.5 Å². The molecule has 4 rings (SSSR count). The summed E-state index contributed by atoms with van der Waals surface area (Å²) in [6, 6.07) is 10.9. The van der Waals surface area contributed by atoms with Gasteiger partial charge in [0.15, 0.2) is 0 Å². The number of carbonyl (C=O) groups is 1. The normalized spacial score (nSPS) is 23.6. The van der Waals surface area contributed by atoms with Crippen LogP contribution in [0.4, 0.5) is 5.69 Å². The number of thiocarbonyl (C=S) groups is 1. The molecular formula is C25H38N4OS2. The summed E-state index contributed by atoms with van der Waals surface area (Å²) in [4.78, 5) is 16.1. The summed E-state index contributed by atoms with van der Waals surface area (Å²) in [6.07, 6.45) is 11.0. The number of benzene rings is 1. The maximum atomic E-state index is 12.8. The molecule has 5 nitrogen and oxygen atoms in total. The third-order valence-corrected chi connectivity index (χ3v) is 8.56. The number of anilines is 1. The van der Waals surface area contributed by atoms with E-state index < -0.39 is 0 Å². The van der Waals surface area contributed by atoms with E-state index >= 15 is 0 Å². The van der Waals surface area contributed by atoms with E-state index in [-0.39, 0.29) is 18.0 Å². The van der Waals surface area contributed by atoms with E-state index in [1.165, 1.54) is 37.8 Å². The van der Waals surface area contributed by atoms with E-state index in [1.54, 1.807) is 11.8 Å². The van der Waals surface area contributed by atoms with E-state index in [1.807, 2.05) is 0 Å². The second kappa shape index (κ2) is 12.2. The van der Waals surface area contributed by atoms with Crippen molar-refractivity contribution in [3.63, 3.8) is 0 Å². The summed E-state index contributed by atoms with van der Waals surface area (Å²) < 4.78 is 0. The predicted molar refractivity (Wildman–Crippen MR) is 139 cm³/mol. The summed E-state index contributed by atoms with van der Waals surface area (Å²) in [5.41, 5.74) is 1.30. The molecule has 1 aromatic carbocycles. The Kier molecular flexibility index (Phi) is 9.11.